The summed E-state index contributed by atoms with van der Waals surface area (Å²) >= 11 is 0. The molecule has 164 valence electrons. The molecule has 0 saturated heterocycles. The molecule has 4 heterocycles. The summed E-state index contributed by atoms with van der Waals surface area (Å²) in [4.78, 5) is 9.18. The molecule has 6 aromatic rings. The van der Waals surface area contributed by atoms with Gasteiger partial charge in [-0.3, -0.25) is 0 Å². The Morgan fingerprint density at radius 3 is 1.41 bits per heavy atom. The Morgan fingerprint density at radius 2 is 1.00 bits per heavy atom. The van der Waals surface area contributed by atoms with Gasteiger partial charge in [-0.15, -0.1) is 0 Å². The number of hydrogen-bond donors (Lipinski definition) is 0. The predicted octanol–water partition coefficient (Wildman–Crippen LogP) is 4.19. The Kier molecular flexibility index (Phi) is 4.69. The van der Waals surface area contributed by atoms with Gasteiger partial charge in [-0.25, -0.2) is 8.80 Å². The molecule has 2 aromatic carbocycles. The molecule has 8 heteroatoms. The zero-order valence-electron chi connectivity index (χ0n) is 18.8. The van der Waals surface area contributed by atoms with Crippen molar-refractivity contribution in [3.05, 3.63) is 109 Å². The van der Waals surface area contributed by atoms with Gasteiger partial charge >= 0.3 is 11.6 Å². The highest BCUT2D eigenvalue weighted by molar-refractivity contribution is 5.64. The zero-order valence-corrected chi connectivity index (χ0v) is 18.8. The van der Waals surface area contributed by atoms with Crippen LogP contribution in [-0.2, 0) is 0 Å². The van der Waals surface area contributed by atoms with Gasteiger partial charge in [0.25, 0.3) is 0 Å². The maximum atomic E-state index is 4.72. The Bertz CT molecular complexity index is 1540. The summed E-state index contributed by atoms with van der Waals surface area (Å²) in [5, 5.41) is 9.44. The molecule has 34 heavy (non-hydrogen) atoms. The van der Waals surface area contributed by atoms with Crippen molar-refractivity contribution >= 4 is 11.6 Å². The van der Waals surface area contributed by atoms with Crippen LogP contribution in [-0.4, -0.2) is 19.3 Å². The van der Waals surface area contributed by atoms with E-state index >= 15 is 0 Å². The Balaban J connectivity index is 1.62. The largest absolute Gasteiger partial charge is 0.429 e. The third-order valence-corrected chi connectivity index (χ3v) is 5.98. The van der Waals surface area contributed by atoms with Crippen LogP contribution in [0.15, 0.2) is 108 Å². The maximum Gasteiger partial charge on any atom is 0.429 e. The predicted molar refractivity (Wildman–Crippen MR) is 127 cm³/mol. The van der Waals surface area contributed by atoms with Crippen LogP contribution in [0.3, 0.4) is 0 Å². The highest BCUT2D eigenvalue weighted by atomic mass is 15.6. The first-order chi connectivity index (χ1) is 16.7. The van der Waals surface area contributed by atoms with Crippen molar-refractivity contribution in [2.75, 3.05) is 0 Å². The van der Waals surface area contributed by atoms with Gasteiger partial charge in [0.15, 0.2) is 11.4 Å². The molecule has 0 aliphatic carbocycles. The molecule has 0 amide bonds. The van der Waals surface area contributed by atoms with Gasteiger partial charge < -0.3 is 0 Å². The second kappa shape index (κ2) is 8.00. The molecule has 0 radical (unpaired) electrons. The first-order valence-electron chi connectivity index (χ1n) is 11.0. The third-order valence-electron chi connectivity index (χ3n) is 5.98. The van der Waals surface area contributed by atoms with Crippen molar-refractivity contribution < 1.29 is 8.80 Å². The van der Waals surface area contributed by atoms with Crippen molar-refractivity contribution in [3.8, 4) is 22.5 Å². The average molecular weight is 447 g/mol. The number of fused-ring (bicyclic) bond motifs is 2. The average Bonchev–Trinajstić information content (AvgIpc) is 3.34. The first kappa shape index (κ1) is 19.9. The molecule has 0 aliphatic heterocycles. The molecule has 0 bridgehead atoms. The summed E-state index contributed by atoms with van der Waals surface area (Å²) in [6.45, 7) is 4.12. The smallest absolute Gasteiger partial charge is 0.200 e. The summed E-state index contributed by atoms with van der Waals surface area (Å²) in [7, 11) is 0. The standard InChI is InChI=1S/C26H22N8/c1-19-23(21-11-5-3-6-12-21)33(25-27-15-9-17-31(19)25)29-30-34-24(22-13-7-4-8-14-22)20(2)32-18-10-16-28-26(32)34/h3-18H,1-2H3/q+2. The minimum atomic E-state index is 0.678. The van der Waals surface area contributed by atoms with Crippen LogP contribution in [0, 0.1) is 13.8 Å². The van der Waals surface area contributed by atoms with Crippen molar-refractivity contribution in [2.45, 2.75) is 13.8 Å². The number of imidazole rings is 2. The second-order valence-corrected chi connectivity index (χ2v) is 7.98. The summed E-state index contributed by atoms with van der Waals surface area (Å²) in [6.07, 6.45) is 7.49. The van der Waals surface area contributed by atoms with Gasteiger partial charge in [-0.05, 0) is 13.8 Å². The molecule has 0 spiro atoms. The summed E-state index contributed by atoms with van der Waals surface area (Å²) in [5.41, 5.74) is 5.98. The second-order valence-electron chi connectivity index (χ2n) is 7.98. The number of nitrogens with zero attached hydrogens (tertiary/aromatic N) is 8. The van der Waals surface area contributed by atoms with E-state index in [-0.39, 0.29) is 0 Å². The highest BCUT2D eigenvalue weighted by Gasteiger charge is 2.27. The summed E-state index contributed by atoms with van der Waals surface area (Å²) in [5.74, 6) is 1.36. The molecular weight excluding hydrogens is 424 g/mol. The maximum absolute atomic E-state index is 4.72. The van der Waals surface area contributed by atoms with Crippen LogP contribution in [0.5, 0.6) is 0 Å². The molecule has 0 saturated carbocycles. The normalized spacial score (nSPS) is 11.7. The number of aryl methyl sites for hydroxylation is 2. The minimum Gasteiger partial charge on any atom is -0.200 e. The fraction of sp³-hybridized carbons (Fsp3) is 0.0769. The molecule has 4 aromatic heterocycles. The van der Waals surface area contributed by atoms with Gasteiger partial charge in [0, 0.05) is 33.7 Å². The van der Waals surface area contributed by atoms with Crippen molar-refractivity contribution in [1.82, 2.24) is 19.3 Å². The zero-order chi connectivity index (χ0) is 23.1. The van der Waals surface area contributed by atoms with E-state index in [0.29, 0.717) is 11.6 Å². The van der Waals surface area contributed by atoms with E-state index in [1.165, 1.54) is 0 Å². The lowest BCUT2D eigenvalue weighted by Crippen LogP contribution is -2.23. The molecule has 0 fully saturated rings. The third kappa shape index (κ3) is 3.07. The van der Waals surface area contributed by atoms with Gasteiger partial charge in [0.1, 0.15) is 23.8 Å². The van der Waals surface area contributed by atoms with Crippen molar-refractivity contribution in [1.29, 1.82) is 0 Å². The van der Waals surface area contributed by atoms with Crippen LogP contribution in [0.1, 0.15) is 11.4 Å². The number of benzene rings is 2. The van der Waals surface area contributed by atoms with E-state index in [1.807, 2.05) is 69.7 Å². The Morgan fingerprint density at radius 1 is 0.588 bits per heavy atom. The van der Waals surface area contributed by atoms with Gasteiger partial charge in [0.05, 0.1) is 12.4 Å². The van der Waals surface area contributed by atoms with Crippen LogP contribution in [0.25, 0.3) is 34.1 Å². The molecular formula is C26H22N8+2. The van der Waals surface area contributed by atoms with Crippen LogP contribution in [0.2, 0.25) is 0 Å². The number of rotatable bonds is 4. The number of aromatic nitrogens is 6. The monoisotopic (exact) mass is 446 g/mol. The first-order valence-corrected chi connectivity index (χ1v) is 11.0. The lowest BCUT2D eigenvalue weighted by molar-refractivity contribution is -0.521. The van der Waals surface area contributed by atoms with Gasteiger partial charge in [-0.2, -0.15) is 0 Å². The lowest BCUT2D eigenvalue weighted by Gasteiger charge is -1.99. The lowest BCUT2D eigenvalue weighted by atomic mass is 10.1. The molecule has 0 N–H and O–H groups in total. The topological polar surface area (TPSA) is 68.6 Å². The van der Waals surface area contributed by atoms with E-state index in [9.17, 15) is 0 Å². The highest BCUT2D eigenvalue weighted by Crippen LogP contribution is 2.26. The van der Waals surface area contributed by atoms with Crippen LogP contribution >= 0.6 is 0 Å². The molecule has 0 unspecified atom stereocenters. The summed E-state index contributed by atoms with van der Waals surface area (Å²) < 4.78 is 7.61. The van der Waals surface area contributed by atoms with Crippen molar-refractivity contribution in [2.24, 2.45) is 10.4 Å². The minimum absolute atomic E-state index is 0.678. The van der Waals surface area contributed by atoms with E-state index in [0.717, 1.165) is 33.9 Å². The van der Waals surface area contributed by atoms with E-state index in [4.69, 9.17) is 10.4 Å². The van der Waals surface area contributed by atoms with Crippen LogP contribution < -0.4 is 8.80 Å². The Hall–Kier alpha value is -4.72. The number of hydrogen-bond acceptors (Lipinski definition) is 4. The van der Waals surface area contributed by atoms with E-state index in [2.05, 4.69) is 48.1 Å². The van der Waals surface area contributed by atoms with Crippen LogP contribution in [0.4, 0.5) is 0 Å². The van der Waals surface area contributed by atoms with E-state index in [1.54, 1.807) is 21.7 Å². The van der Waals surface area contributed by atoms with Gasteiger partial charge in [0.2, 0.25) is 0 Å². The fourth-order valence-electron chi connectivity index (χ4n) is 4.40. The fourth-order valence-corrected chi connectivity index (χ4v) is 4.40. The Labute approximate surface area is 195 Å². The molecule has 0 atom stereocenters. The molecule has 8 nitrogen and oxygen atoms in total. The van der Waals surface area contributed by atoms with Crippen molar-refractivity contribution in [3.63, 3.8) is 0 Å². The molecule has 6 rings (SSSR count). The quantitative estimate of drug-likeness (QED) is 0.301. The molecule has 0 aliphatic rings. The van der Waals surface area contributed by atoms with Gasteiger partial charge in [-0.1, -0.05) is 80.0 Å². The summed E-state index contributed by atoms with van der Waals surface area (Å²) in [6, 6.07) is 24.2. The SMILES string of the molecule is Cc1c(-c2ccccc2)n(N=Nn2c(-c3ccccc3)c(C)[n+]3cccnc23)c2nccc[n+]12. The van der Waals surface area contributed by atoms with E-state index < -0.39 is 0 Å².